The Kier molecular flexibility index (Phi) is 3.54. The molecule has 2 nitrogen and oxygen atoms in total. The third-order valence-corrected chi connectivity index (χ3v) is 7.88. The molecule has 0 aromatic carbocycles. The zero-order valence-corrected chi connectivity index (χ0v) is 14.3. The van der Waals surface area contributed by atoms with E-state index in [4.69, 9.17) is 0 Å². The second-order valence-corrected chi connectivity index (χ2v) is 8.99. The Labute approximate surface area is 142 Å². The van der Waals surface area contributed by atoms with E-state index < -0.39 is 0 Å². The van der Waals surface area contributed by atoms with Gasteiger partial charge in [0, 0.05) is 28.9 Å². The van der Waals surface area contributed by atoms with Gasteiger partial charge >= 0.3 is 0 Å². The second kappa shape index (κ2) is 5.55. The molecule has 4 heterocycles. The van der Waals surface area contributed by atoms with Crippen LogP contribution in [0.3, 0.4) is 0 Å². The minimum atomic E-state index is 0.757. The van der Waals surface area contributed by atoms with Crippen molar-refractivity contribution in [3.8, 4) is 19.5 Å². The van der Waals surface area contributed by atoms with Crippen molar-refractivity contribution >= 4 is 67.3 Å². The van der Waals surface area contributed by atoms with E-state index in [0.29, 0.717) is 0 Å². The Bertz CT molecular complexity index is 876. The molecule has 4 aromatic heterocycles. The molecule has 0 bridgehead atoms. The van der Waals surface area contributed by atoms with Crippen molar-refractivity contribution in [2.45, 2.75) is 0 Å². The maximum Gasteiger partial charge on any atom is 0.160 e. The van der Waals surface area contributed by atoms with E-state index in [2.05, 4.69) is 12.1 Å². The summed E-state index contributed by atoms with van der Waals surface area (Å²) >= 11 is 6.53. The summed E-state index contributed by atoms with van der Waals surface area (Å²) in [6, 6.07) is 12.1. The SMILES string of the molecule is O=Cc1ccc(-c2cc3sc(-c4ccc(C=O)s4)cc3s2)s1. The molecular formula is C16H8O2S4. The van der Waals surface area contributed by atoms with E-state index >= 15 is 0 Å². The van der Waals surface area contributed by atoms with Crippen LogP contribution in [0.2, 0.25) is 0 Å². The van der Waals surface area contributed by atoms with Crippen molar-refractivity contribution in [3.63, 3.8) is 0 Å². The van der Waals surface area contributed by atoms with Crippen molar-refractivity contribution in [1.29, 1.82) is 0 Å². The molecule has 0 saturated carbocycles. The van der Waals surface area contributed by atoms with E-state index in [-0.39, 0.29) is 0 Å². The highest BCUT2D eigenvalue weighted by atomic mass is 32.1. The summed E-state index contributed by atoms with van der Waals surface area (Å²) < 4.78 is 2.49. The molecular weight excluding hydrogens is 352 g/mol. The minimum absolute atomic E-state index is 0.757. The van der Waals surface area contributed by atoms with Gasteiger partial charge in [-0.15, -0.1) is 45.3 Å². The predicted molar refractivity (Wildman–Crippen MR) is 97.1 cm³/mol. The first-order valence-electron chi connectivity index (χ1n) is 6.41. The van der Waals surface area contributed by atoms with Gasteiger partial charge in [0.15, 0.2) is 12.6 Å². The number of carbonyl (C=O) groups excluding carboxylic acids is 2. The predicted octanol–water partition coefficient (Wildman–Crippen LogP) is 6.04. The molecule has 6 heteroatoms. The quantitative estimate of drug-likeness (QED) is 0.415. The van der Waals surface area contributed by atoms with E-state index in [9.17, 15) is 9.59 Å². The molecule has 0 aliphatic carbocycles. The molecule has 108 valence electrons. The van der Waals surface area contributed by atoms with Crippen LogP contribution in [0.25, 0.3) is 28.9 Å². The normalized spacial score (nSPS) is 11.1. The van der Waals surface area contributed by atoms with Crippen molar-refractivity contribution in [3.05, 3.63) is 46.2 Å². The van der Waals surface area contributed by atoms with Gasteiger partial charge in [-0.3, -0.25) is 9.59 Å². The zero-order valence-electron chi connectivity index (χ0n) is 11.1. The molecule has 0 N–H and O–H groups in total. The number of aldehydes is 2. The van der Waals surface area contributed by atoms with E-state index in [1.807, 2.05) is 24.3 Å². The Hall–Kier alpha value is -1.60. The van der Waals surface area contributed by atoms with Crippen LogP contribution >= 0.6 is 45.3 Å². The van der Waals surface area contributed by atoms with E-state index in [1.165, 1.54) is 41.8 Å². The largest absolute Gasteiger partial charge is 0.297 e. The third kappa shape index (κ3) is 2.38. The van der Waals surface area contributed by atoms with Gasteiger partial charge in [-0.1, -0.05) is 0 Å². The molecule has 0 fully saturated rings. The maximum atomic E-state index is 10.8. The van der Waals surface area contributed by atoms with Crippen LogP contribution in [0, 0.1) is 0 Å². The van der Waals surface area contributed by atoms with Gasteiger partial charge in [0.2, 0.25) is 0 Å². The number of fused-ring (bicyclic) bond motifs is 1. The lowest BCUT2D eigenvalue weighted by atomic mass is 10.3. The average molecular weight is 361 g/mol. The molecule has 0 atom stereocenters. The highest BCUT2D eigenvalue weighted by molar-refractivity contribution is 7.33. The Morgan fingerprint density at radius 1 is 0.591 bits per heavy atom. The fourth-order valence-electron chi connectivity index (χ4n) is 2.18. The van der Waals surface area contributed by atoms with Gasteiger partial charge in [0.05, 0.1) is 9.75 Å². The van der Waals surface area contributed by atoms with Crippen LogP contribution in [-0.2, 0) is 0 Å². The molecule has 0 amide bonds. The van der Waals surface area contributed by atoms with Crippen molar-refractivity contribution in [2.24, 2.45) is 0 Å². The monoisotopic (exact) mass is 360 g/mol. The van der Waals surface area contributed by atoms with Crippen LogP contribution in [-0.4, -0.2) is 12.6 Å². The lowest BCUT2D eigenvalue weighted by molar-refractivity contribution is 0.111. The summed E-state index contributed by atoms with van der Waals surface area (Å²) in [6.07, 6.45) is 1.78. The summed E-state index contributed by atoms with van der Waals surface area (Å²) in [7, 11) is 0. The molecule has 4 rings (SSSR count). The van der Waals surface area contributed by atoms with Crippen molar-refractivity contribution < 1.29 is 9.59 Å². The Morgan fingerprint density at radius 2 is 1.05 bits per heavy atom. The van der Waals surface area contributed by atoms with Gasteiger partial charge in [-0.05, 0) is 36.4 Å². The fourth-order valence-corrected chi connectivity index (χ4v) is 6.38. The maximum absolute atomic E-state index is 10.8. The highest BCUT2D eigenvalue weighted by Gasteiger charge is 2.12. The smallest absolute Gasteiger partial charge is 0.160 e. The number of hydrogen-bond donors (Lipinski definition) is 0. The minimum Gasteiger partial charge on any atom is -0.297 e. The Balaban J connectivity index is 1.72. The summed E-state index contributed by atoms with van der Waals surface area (Å²) in [5.41, 5.74) is 0. The molecule has 22 heavy (non-hydrogen) atoms. The summed E-state index contributed by atoms with van der Waals surface area (Å²) in [5.74, 6) is 0. The first-order chi connectivity index (χ1) is 10.8. The number of carbonyl (C=O) groups is 2. The first-order valence-corrected chi connectivity index (χ1v) is 9.67. The average Bonchev–Trinajstić information content (AvgIpc) is 3.27. The zero-order chi connectivity index (χ0) is 15.1. The summed E-state index contributed by atoms with van der Waals surface area (Å²) in [5, 5.41) is 0. The molecule has 0 saturated heterocycles. The lowest BCUT2D eigenvalue weighted by Crippen LogP contribution is -1.62. The van der Waals surface area contributed by atoms with Crippen LogP contribution in [0.5, 0.6) is 0 Å². The number of rotatable bonds is 4. The summed E-state index contributed by atoms with van der Waals surface area (Å²) in [6.45, 7) is 0. The second-order valence-electron chi connectivity index (χ2n) is 4.59. The van der Waals surface area contributed by atoms with Crippen LogP contribution in [0.15, 0.2) is 36.4 Å². The van der Waals surface area contributed by atoms with Gasteiger partial charge in [0.1, 0.15) is 0 Å². The fraction of sp³-hybridized carbons (Fsp3) is 0. The topological polar surface area (TPSA) is 34.1 Å². The molecule has 0 aliphatic heterocycles. The molecule has 0 aliphatic rings. The van der Waals surface area contributed by atoms with Crippen LogP contribution < -0.4 is 0 Å². The third-order valence-electron chi connectivity index (χ3n) is 3.18. The van der Waals surface area contributed by atoms with Gasteiger partial charge in [0.25, 0.3) is 0 Å². The molecule has 0 unspecified atom stereocenters. The highest BCUT2D eigenvalue weighted by Crippen LogP contribution is 2.44. The number of thiophene rings is 4. The van der Waals surface area contributed by atoms with Crippen molar-refractivity contribution in [1.82, 2.24) is 0 Å². The Morgan fingerprint density at radius 3 is 1.41 bits per heavy atom. The molecule has 0 radical (unpaired) electrons. The molecule has 4 aromatic rings. The van der Waals surface area contributed by atoms with Crippen LogP contribution in [0.4, 0.5) is 0 Å². The van der Waals surface area contributed by atoms with E-state index in [0.717, 1.165) is 32.1 Å². The number of hydrogen-bond acceptors (Lipinski definition) is 6. The van der Waals surface area contributed by atoms with Crippen molar-refractivity contribution in [2.75, 3.05) is 0 Å². The van der Waals surface area contributed by atoms with Gasteiger partial charge in [-0.2, -0.15) is 0 Å². The molecule has 0 spiro atoms. The summed E-state index contributed by atoms with van der Waals surface area (Å²) in [4.78, 5) is 27.8. The lowest BCUT2D eigenvalue weighted by Gasteiger charge is -1.90. The van der Waals surface area contributed by atoms with Gasteiger partial charge < -0.3 is 0 Å². The first kappa shape index (κ1) is 14.0. The standard InChI is InChI=1S/C16H8O2S4/c17-7-9-1-3-11(19-9)13-5-15-16(21-13)6-14(22-15)12-4-2-10(8-18)20-12/h1-8H. The van der Waals surface area contributed by atoms with E-state index in [1.54, 1.807) is 22.7 Å². The van der Waals surface area contributed by atoms with Crippen LogP contribution in [0.1, 0.15) is 19.3 Å². The van der Waals surface area contributed by atoms with Gasteiger partial charge in [-0.25, -0.2) is 0 Å².